The van der Waals surface area contributed by atoms with Crippen LogP contribution >= 0.6 is 23.4 Å². The highest BCUT2D eigenvalue weighted by Crippen LogP contribution is 2.19. The molecule has 6 heteroatoms. The van der Waals surface area contributed by atoms with E-state index in [0.29, 0.717) is 30.3 Å². The van der Waals surface area contributed by atoms with Crippen molar-refractivity contribution < 1.29 is 9.59 Å². The largest absolute Gasteiger partial charge is 0.355 e. The summed E-state index contributed by atoms with van der Waals surface area (Å²) in [7, 11) is 0. The lowest BCUT2D eigenvalue weighted by molar-refractivity contribution is -0.139. The lowest BCUT2D eigenvalue weighted by Crippen LogP contribution is -2.49. The van der Waals surface area contributed by atoms with E-state index >= 15 is 0 Å². The lowest BCUT2D eigenvalue weighted by atomic mass is 10.1. The highest BCUT2D eigenvalue weighted by Gasteiger charge is 2.28. The zero-order valence-corrected chi connectivity index (χ0v) is 19.8. The van der Waals surface area contributed by atoms with Gasteiger partial charge < -0.3 is 10.2 Å². The van der Waals surface area contributed by atoms with Crippen molar-refractivity contribution in [3.05, 3.63) is 69.7 Å². The molecule has 2 aromatic rings. The molecule has 2 amide bonds. The van der Waals surface area contributed by atoms with Gasteiger partial charge in [-0.2, -0.15) is 0 Å². The Bertz CT molecular complexity index is 835. The Morgan fingerprint density at radius 1 is 1.03 bits per heavy atom. The molecular formula is C24H31ClN2O2S. The predicted octanol–water partition coefficient (Wildman–Crippen LogP) is 5.13. The van der Waals surface area contributed by atoms with Gasteiger partial charge in [0.25, 0.3) is 0 Å². The molecule has 0 aliphatic heterocycles. The van der Waals surface area contributed by atoms with Crippen LogP contribution in [0.3, 0.4) is 0 Å². The van der Waals surface area contributed by atoms with Crippen LogP contribution in [0.15, 0.2) is 42.5 Å². The summed E-state index contributed by atoms with van der Waals surface area (Å²) in [6.07, 6.45) is 0.562. The molecule has 1 unspecified atom stereocenters. The first-order valence-corrected chi connectivity index (χ1v) is 11.8. The third kappa shape index (κ3) is 7.37. The van der Waals surface area contributed by atoms with Gasteiger partial charge in [-0.05, 0) is 50.5 Å². The smallest absolute Gasteiger partial charge is 0.242 e. The Kier molecular flexibility index (Phi) is 9.73. The second-order valence-electron chi connectivity index (χ2n) is 7.46. The van der Waals surface area contributed by atoms with Crippen molar-refractivity contribution in [3.63, 3.8) is 0 Å². The number of nitrogens with one attached hydrogen (secondary N) is 1. The molecule has 4 nitrogen and oxygen atoms in total. The van der Waals surface area contributed by atoms with Crippen LogP contribution in [0.25, 0.3) is 0 Å². The van der Waals surface area contributed by atoms with E-state index in [2.05, 4.69) is 37.4 Å². The molecule has 0 saturated carbocycles. The highest BCUT2D eigenvalue weighted by molar-refractivity contribution is 7.99. The minimum absolute atomic E-state index is 0.0302. The van der Waals surface area contributed by atoms with Gasteiger partial charge in [0.05, 0.1) is 5.75 Å². The monoisotopic (exact) mass is 446 g/mol. The minimum Gasteiger partial charge on any atom is -0.355 e. The van der Waals surface area contributed by atoms with Crippen LogP contribution < -0.4 is 5.32 Å². The minimum atomic E-state index is -0.491. The summed E-state index contributed by atoms with van der Waals surface area (Å²) in [6.45, 7) is 8.91. The molecule has 0 aliphatic rings. The Morgan fingerprint density at radius 3 is 2.23 bits per heavy atom. The fourth-order valence-electron chi connectivity index (χ4n) is 3.49. The molecule has 162 valence electrons. The van der Waals surface area contributed by atoms with Crippen LogP contribution in [0.1, 0.15) is 42.5 Å². The lowest BCUT2D eigenvalue weighted by Gasteiger charge is -2.30. The number of hydrogen-bond donors (Lipinski definition) is 1. The number of amides is 2. The summed E-state index contributed by atoms with van der Waals surface area (Å²) in [4.78, 5) is 27.4. The maximum atomic E-state index is 13.1. The summed E-state index contributed by atoms with van der Waals surface area (Å²) in [6, 6.07) is 13.4. The summed E-state index contributed by atoms with van der Waals surface area (Å²) in [5, 5.41) is 3.51. The van der Waals surface area contributed by atoms with Crippen molar-refractivity contribution in [3.8, 4) is 0 Å². The van der Waals surface area contributed by atoms with Crippen LogP contribution in [0, 0.1) is 13.8 Å². The quantitative estimate of drug-likeness (QED) is 0.550. The normalized spacial score (nSPS) is 11.8. The Balaban J connectivity index is 2.11. The van der Waals surface area contributed by atoms with Crippen LogP contribution in [-0.2, 0) is 21.9 Å². The summed E-state index contributed by atoms with van der Waals surface area (Å²) >= 11 is 7.58. The first-order valence-electron chi connectivity index (χ1n) is 10.3. The molecule has 1 N–H and O–H groups in total. The number of aryl methyl sites for hydroxylation is 2. The average Bonchev–Trinajstić information content (AvgIpc) is 2.68. The molecule has 2 rings (SSSR count). The fraction of sp³-hybridized carbons (Fsp3) is 0.417. The van der Waals surface area contributed by atoms with E-state index in [9.17, 15) is 9.59 Å². The van der Waals surface area contributed by atoms with Crippen LogP contribution in [0.2, 0.25) is 5.02 Å². The molecule has 0 spiro atoms. The number of likely N-dealkylation sites (N-methyl/N-ethyl adjacent to an activating group) is 1. The van der Waals surface area contributed by atoms with E-state index in [1.165, 1.54) is 16.7 Å². The molecular weight excluding hydrogens is 416 g/mol. The Hall–Kier alpha value is -1.98. The number of hydrogen-bond acceptors (Lipinski definition) is 3. The average molecular weight is 447 g/mol. The highest BCUT2D eigenvalue weighted by atomic mass is 35.5. The van der Waals surface area contributed by atoms with E-state index in [0.717, 1.165) is 11.3 Å². The maximum absolute atomic E-state index is 13.1. The van der Waals surface area contributed by atoms with Crippen molar-refractivity contribution in [2.24, 2.45) is 0 Å². The molecule has 0 saturated heterocycles. The van der Waals surface area contributed by atoms with Crippen molar-refractivity contribution in [1.29, 1.82) is 0 Å². The van der Waals surface area contributed by atoms with Crippen molar-refractivity contribution in [2.75, 3.05) is 12.3 Å². The summed E-state index contributed by atoms with van der Waals surface area (Å²) < 4.78 is 0. The third-order valence-electron chi connectivity index (χ3n) is 4.78. The molecule has 0 aliphatic carbocycles. The fourth-order valence-corrected chi connectivity index (χ4v) is 4.46. The van der Waals surface area contributed by atoms with E-state index in [1.807, 2.05) is 26.0 Å². The van der Waals surface area contributed by atoms with E-state index in [-0.39, 0.29) is 11.8 Å². The SMILES string of the molecule is CCNC(=O)C(CC)N(Cc1ccc(Cl)cc1)C(=O)CSCc1cc(C)cc(C)c1. The molecule has 0 aromatic heterocycles. The van der Waals surface area contributed by atoms with Crippen molar-refractivity contribution in [2.45, 2.75) is 52.5 Å². The second kappa shape index (κ2) is 12.0. The predicted molar refractivity (Wildman–Crippen MR) is 127 cm³/mol. The van der Waals surface area contributed by atoms with Gasteiger partial charge >= 0.3 is 0 Å². The molecule has 0 heterocycles. The van der Waals surface area contributed by atoms with Gasteiger partial charge in [-0.25, -0.2) is 0 Å². The van der Waals surface area contributed by atoms with Gasteiger partial charge in [-0.15, -0.1) is 11.8 Å². The third-order valence-corrected chi connectivity index (χ3v) is 6.02. The molecule has 30 heavy (non-hydrogen) atoms. The van der Waals surface area contributed by atoms with Crippen molar-refractivity contribution >= 4 is 35.2 Å². The first-order chi connectivity index (χ1) is 14.3. The van der Waals surface area contributed by atoms with Crippen LogP contribution in [0.4, 0.5) is 0 Å². The molecule has 0 radical (unpaired) electrons. The van der Waals surface area contributed by atoms with E-state index < -0.39 is 6.04 Å². The molecule has 0 bridgehead atoms. The molecule has 2 aromatic carbocycles. The topological polar surface area (TPSA) is 49.4 Å². The summed E-state index contributed by atoms with van der Waals surface area (Å²) in [5.74, 6) is 0.955. The van der Waals surface area contributed by atoms with Gasteiger partial charge in [0.1, 0.15) is 6.04 Å². The zero-order valence-electron chi connectivity index (χ0n) is 18.2. The maximum Gasteiger partial charge on any atom is 0.242 e. The van der Waals surface area contributed by atoms with E-state index in [1.54, 1.807) is 28.8 Å². The second-order valence-corrected chi connectivity index (χ2v) is 8.88. The number of thioether (sulfide) groups is 1. The molecule has 1 atom stereocenters. The van der Waals surface area contributed by atoms with Gasteiger partial charge in [-0.3, -0.25) is 9.59 Å². The number of carbonyl (C=O) groups is 2. The van der Waals surface area contributed by atoms with Crippen LogP contribution in [-0.4, -0.2) is 35.1 Å². The standard InChI is InChI=1S/C24H31ClN2O2S/c1-5-22(24(29)26-6-2)27(14-19-7-9-21(25)10-8-19)23(28)16-30-15-20-12-17(3)11-18(4)13-20/h7-13,22H,5-6,14-16H2,1-4H3,(H,26,29). The Labute approximate surface area is 189 Å². The zero-order chi connectivity index (χ0) is 22.1. The van der Waals surface area contributed by atoms with Gasteiger partial charge in [0.2, 0.25) is 11.8 Å². The van der Waals surface area contributed by atoms with Gasteiger partial charge in [-0.1, -0.05) is 60.0 Å². The number of rotatable bonds is 10. The van der Waals surface area contributed by atoms with Crippen molar-refractivity contribution in [1.82, 2.24) is 10.2 Å². The van der Waals surface area contributed by atoms with Crippen LogP contribution in [0.5, 0.6) is 0 Å². The first kappa shape index (κ1) is 24.3. The summed E-state index contributed by atoms with van der Waals surface area (Å²) in [5.41, 5.74) is 4.62. The number of halogens is 1. The van der Waals surface area contributed by atoms with Gasteiger partial charge in [0.15, 0.2) is 0 Å². The molecule has 0 fully saturated rings. The van der Waals surface area contributed by atoms with Gasteiger partial charge in [0, 0.05) is 23.9 Å². The number of nitrogens with zero attached hydrogens (tertiary/aromatic N) is 1. The number of benzene rings is 2. The Morgan fingerprint density at radius 2 is 1.67 bits per heavy atom. The number of carbonyl (C=O) groups excluding carboxylic acids is 2. The van der Waals surface area contributed by atoms with E-state index in [4.69, 9.17) is 11.6 Å².